The Kier molecular flexibility index (Phi) is 6.36. The number of hydrogen-bond acceptors (Lipinski definition) is 2. The number of rotatable bonds is 9. The van der Waals surface area contributed by atoms with E-state index in [0.717, 1.165) is 12.8 Å². The van der Waals surface area contributed by atoms with E-state index in [4.69, 9.17) is 11.5 Å². The van der Waals surface area contributed by atoms with E-state index >= 15 is 0 Å². The van der Waals surface area contributed by atoms with Crippen LogP contribution in [0, 0.1) is 10.8 Å². The summed E-state index contributed by atoms with van der Waals surface area (Å²) in [5.41, 5.74) is 10.2. The Labute approximate surface area is 110 Å². The highest BCUT2D eigenvalue weighted by Crippen LogP contribution is 2.52. The minimum Gasteiger partial charge on any atom is -0.370 e. The molecule has 0 saturated heterocycles. The molecule has 106 valence electrons. The zero-order valence-corrected chi connectivity index (χ0v) is 12.2. The predicted octanol–water partition coefficient (Wildman–Crippen LogP) is 2.35. The van der Waals surface area contributed by atoms with Gasteiger partial charge in [-0.2, -0.15) is 0 Å². The predicted molar refractivity (Wildman–Crippen MR) is 73.7 cm³/mol. The van der Waals surface area contributed by atoms with E-state index in [2.05, 4.69) is 13.8 Å². The maximum atomic E-state index is 12.0. The molecule has 0 aliphatic rings. The Morgan fingerprint density at radius 2 is 1.33 bits per heavy atom. The van der Waals surface area contributed by atoms with E-state index in [9.17, 15) is 9.59 Å². The van der Waals surface area contributed by atoms with Gasteiger partial charge < -0.3 is 11.5 Å². The van der Waals surface area contributed by atoms with E-state index in [0.29, 0.717) is 25.7 Å². The quantitative estimate of drug-likeness (QED) is 0.663. The maximum absolute atomic E-state index is 12.0. The van der Waals surface area contributed by atoms with Gasteiger partial charge in [0.2, 0.25) is 11.8 Å². The first-order valence-corrected chi connectivity index (χ1v) is 6.94. The van der Waals surface area contributed by atoms with Crippen molar-refractivity contribution in [1.29, 1.82) is 0 Å². The molecule has 4 N–H and O–H groups in total. The van der Waals surface area contributed by atoms with Gasteiger partial charge in [-0.1, -0.05) is 27.7 Å². The van der Waals surface area contributed by atoms with Crippen LogP contribution in [0.4, 0.5) is 0 Å². The van der Waals surface area contributed by atoms with Crippen molar-refractivity contribution in [1.82, 2.24) is 0 Å². The van der Waals surface area contributed by atoms with Crippen LogP contribution >= 0.6 is 0 Å². The third-order valence-electron chi connectivity index (χ3n) is 4.90. The highest BCUT2D eigenvalue weighted by atomic mass is 16.1. The maximum Gasteiger partial charge on any atom is 0.224 e. The van der Waals surface area contributed by atoms with Crippen LogP contribution in [0.1, 0.15) is 66.2 Å². The molecular formula is C14H28N2O2. The first-order valence-electron chi connectivity index (χ1n) is 6.94. The van der Waals surface area contributed by atoms with Crippen LogP contribution < -0.4 is 11.5 Å². The van der Waals surface area contributed by atoms with E-state index in [1.165, 1.54) is 0 Å². The van der Waals surface area contributed by atoms with Gasteiger partial charge in [-0.15, -0.1) is 0 Å². The molecule has 0 aromatic rings. The summed E-state index contributed by atoms with van der Waals surface area (Å²) in [7, 11) is 0. The number of nitrogens with two attached hydrogens (primary N) is 2. The van der Waals surface area contributed by atoms with Crippen LogP contribution in [-0.2, 0) is 9.59 Å². The van der Waals surface area contributed by atoms with Gasteiger partial charge >= 0.3 is 0 Å². The lowest BCUT2D eigenvalue weighted by molar-refractivity contribution is -0.140. The van der Waals surface area contributed by atoms with Crippen LogP contribution in [-0.4, -0.2) is 11.8 Å². The molecule has 0 aliphatic heterocycles. The van der Waals surface area contributed by atoms with Gasteiger partial charge in [0.05, 0.1) is 5.41 Å². The molecule has 0 fully saturated rings. The van der Waals surface area contributed by atoms with Gasteiger partial charge in [0, 0.05) is 6.42 Å². The fraction of sp³-hybridized carbons (Fsp3) is 0.857. The average Bonchev–Trinajstić information content (AvgIpc) is 2.34. The molecular weight excluding hydrogens is 228 g/mol. The van der Waals surface area contributed by atoms with Crippen molar-refractivity contribution in [3.63, 3.8) is 0 Å². The SMILES string of the molecule is CCC(CC)(CCC(N)=O)C(CC)(CC)C(N)=O. The lowest BCUT2D eigenvalue weighted by Gasteiger charge is -2.48. The van der Waals surface area contributed by atoms with Gasteiger partial charge in [0.15, 0.2) is 0 Å². The minimum absolute atomic E-state index is 0.225. The third kappa shape index (κ3) is 2.85. The van der Waals surface area contributed by atoms with Gasteiger partial charge in [0.25, 0.3) is 0 Å². The largest absolute Gasteiger partial charge is 0.370 e. The summed E-state index contributed by atoms with van der Waals surface area (Å²) in [6.45, 7) is 8.12. The molecule has 0 saturated carbocycles. The molecule has 0 atom stereocenters. The molecule has 0 rings (SSSR count). The fourth-order valence-electron chi connectivity index (χ4n) is 3.49. The summed E-state index contributed by atoms with van der Waals surface area (Å²) in [4.78, 5) is 23.1. The standard InChI is InChI=1S/C14H28N2O2/c1-5-13(6-2,10-9-11(15)17)14(7-3,8-4)12(16)18/h5-10H2,1-4H3,(H2,15,17)(H2,16,18). The summed E-state index contributed by atoms with van der Waals surface area (Å²) in [5.74, 6) is -0.562. The van der Waals surface area contributed by atoms with E-state index in [1.807, 2.05) is 13.8 Å². The average molecular weight is 256 g/mol. The lowest BCUT2D eigenvalue weighted by atomic mass is 9.55. The second kappa shape index (κ2) is 6.76. The number of carbonyl (C=O) groups is 2. The van der Waals surface area contributed by atoms with Gasteiger partial charge in [-0.3, -0.25) is 9.59 Å². The number of amides is 2. The summed E-state index contributed by atoms with van der Waals surface area (Å²) in [6, 6.07) is 0. The van der Waals surface area contributed by atoms with Crippen LogP contribution in [0.2, 0.25) is 0 Å². The highest BCUT2D eigenvalue weighted by molar-refractivity contribution is 5.82. The molecule has 4 heteroatoms. The van der Waals surface area contributed by atoms with E-state index in [-0.39, 0.29) is 17.2 Å². The molecule has 0 aliphatic carbocycles. The molecule has 18 heavy (non-hydrogen) atoms. The van der Waals surface area contributed by atoms with Crippen LogP contribution in [0.15, 0.2) is 0 Å². The Morgan fingerprint density at radius 3 is 1.56 bits per heavy atom. The molecule has 0 aromatic carbocycles. The summed E-state index contributed by atoms with van der Waals surface area (Å²) in [5, 5.41) is 0. The summed E-state index contributed by atoms with van der Waals surface area (Å²) < 4.78 is 0. The molecule has 0 bridgehead atoms. The Bertz CT molecular complexity index is 292. The minimum atomic E-state index is -0.536. The van der Waals surface area contributed by atoms with Crippen molar-refractivity contribution in [2.75, 3.05) is 0 Å². The van der Waals surface area contributed by atoms with Crippen molar-refractivity contribution >= 4 is 11.8 Å². The molecule has 0 spiro atoms. The number of carbonyl (C=O) groups excluding carboxylic acids is 2. The molecule has 0 heterocycles. The zero-order chi connectivity index (χ0) is 14.4. The van der Waals surface area contributed by atoms with Crippen molar-refractivity contribution in [3.8, 4) is 0 Å². The molecule has 2 amide bonds. The zero-order valence-electron chi connectivity index (χ0n) is 12.2. The second-order valence-electron chi connectivity index (χ2n) is 5.11. The smallest absolute Gasteiger partial charge is 0.224 e. The Hall–Kier alpha value is -1.06. The topological polar surface area (TPSA) is 86.2 Å². The van der Waals surface area contributed by atoms with Gasteiger partial charge in [-0.05, 0) is 37.5 Å². The monoisotopic (exact) mass is 256 g/mol. The lowest BCUT2D eigenvalue weighted by Crippen LogP contribution is -2.50. The van der Waals surface area contributed by atoms with Crippen LogP contribution in [0.3, 0.4) is 0 Å². The first kappa shape index (κ1) is 16.9. The van der Waals surface area contributed by atoms with Crippen molar-refractivity contribution in [2.24, 2.45) is 22.3 Å². The number of primary amides is 2. The van der Waals surface area contributed by atoms with Gasteiger partial charge in [-0.25, -0.2) is 0 Å². The van der Waals surface area contributed by atoms with Crippen molar-refractivity contribution in [2.45, 2.75) is 66.2 Å². The summed E-state index contributed by atoms with van der Waals surface area (Å²) >= 11 is 0. The summed E-state index contributed by atoms with van der Waals surface area (Å²) in [6.07, 6.45) is 4.04. The fourth-order valence-corrected chi connectivity index (χ4v) is 3.49. The Balaban J connectivity index is 5.50. The number of hydrogen-bond donors (Lipinski definition) is 2. The van der Waals surface area contributed by atoms with Crippen molar-refractivity contribution < 1.29 is 9.59 Å². The molecule has 0 aromatic heterocycles. The van der Waals surface area contributed by atoms with Crippen molar-refractivity contribution in [3.05, 3.63) is 0 Å². The van der Waals surface area contributed by atoms with Gasteiger partial charge in [0.1, 0.15) is 0 Å². The molecule has 4 nitrogen and oxygen atoms in total. The van der Waals surface area contributed by atoms with Crippen LogP contribution in [0.25, 0.3) is 0 Å². The van der Waals surface area contributed by atoms with Crippen LogP contribution in [0.5, 0.6) is 0 Å². The third-order valence-corrected chi connectivity index (χ3v) is 4.90. The van der Waals surface area contributed by atoms with E-state index < -0.39 is 5.41 Å². The first-order chi connectivity index (χ1) is 8.35. The van der Waals surface area contributed by atoms with E-state index in [1.54, 1.807) is 0 Å². The molecule has 0 unspecified atom stereocenters. The molecule has 0 radical (unpaired) electrons. The Morgan fingerprint density at radius 1 is 0.889 bits per heavy atom. The second-order valence-corrected chi connectivity index (χ2v) is 5.11. The normalized spacial score (nSPS) is 12.4. The highest BCUT2D eigenvalue weighted by Gasteiger charge is 2.50.